The van der Waals surface area contributed by atoms with Crippen LogP contribution in [0.3, 0.4) is 0 Å². The summed E-state index contributed by atoms with van der Waals surface area (Å²) in [6, 6.07) is 0.236. The molecule has 0 radical (unpaired) electrons. The van der Waals surface area contributed by atoms with Gasteiger partial charge in [0.2, 0.25) is 5.91 Å². The van der Waals surface area contributed by atoms with E-state index < -0.39 is 0 Å². The maximum atomic E-state index is 11.4. The topological polar surface area (TPSA) is 55.1 Å². The van der Waals surface area contributed by atoms with Gasteiger partial charge < -0.3 is 11.1 Å². The van der Waals surface area contributed by atoms with Crippen LogP contribution in [0.5, 0.6) is 0 Å². The third-order valence-electron chi connectivity index (χ3n) is 2.30. The summed E-state index contributed by atoms with van der Waals surface area (Å²) in [7, 11) is 0. The van der Waals surface area contributed by atoms with Crippen LogP contribution in [0.4, 0.5) is 0 Å². The summed E-state index contributed by atoms with van der Waals surface area (Å²) >= 11 is 0. The molecular formula is C11H24N2O. The molecule has 0 saturated heterocycles. The van der Waals surface area contributed by atoms with Crippen molar-refractivity contribution in [2.75, 3.05) is 6.54 Å². The van der Waals surface area contributed by atoms with Crippen molar-refractivity contribution in [2.45, 2.75) is 53.0 Å². The molecule has 14 heavy (non-hydrogen) atoms. The molecule has 3 heteroatoms. The van der Waals surface area contributed by atoms with Gasteiger partial charge in [-0.2, -0.15) is 0 Å². The summed E-state index contributed by atoms with van der Waals surface area (Å²) in [5.41, 5.74) is 5.68. The van der Waals surface area contributed by atoms with Crippen LogP contribution in [0.15, 0.2) is 0 Å². The van der Waals surface area contributed by atoms with Crippen molar-refractivity contribution in [3.05, 3.63) is 0 Å². The van der Waals surface area contributed by atoms with E-state index in [1.165, 1.54) is 0 Å². The van der Waals surface area contributed by atoms with Gasteiger partial charge in [0.05, 0.1) is 0 Å². The van der Waals surface area contributed by atoms with Crippen LogP contribution in [-0.2, 0) is 4.79 Å². The van der Waals surface area contributed by atoms with Crippen molar-refractivity contribution >= 4 is 5.91 Å². The predicted octanol–water partition coefficient (Wildman–Crippen LogP) is 1.67. The maximum Gasteiger partial charge on any atom is 0.220 e. The van der Waals surface area contributed by atoms with Crippen molar-refractivity contribution in [3.63, 3.8) is 0 Å². The molecule has 0 aromatic rings. The van der Waals surface area contributed by atoms with E-state index >= 15 is 0 Å². The smallest absolute Gasteiger partial charge is 0.220 e. The molecule has 0 fully saturated rings. The minimum Gasteiger partial charge on any atom is -0.354 e. The van der Waals surface area contributed by atoms with E-state index in [4.69, 9.17) is 5.73 Å². The molecule has 0 saturated carbocycles. The van der Waals surface area contributed by atoms with Crippen molar-refractivity contribution < 1.29 is 4.79 Å². The Morgan fingerprint density at radius 1 is 1.36 bits per heavy atom. The molecular weight excluding hydrogens is 176 g/mol. The molecule has 0 aromatic carbocycles. The number of carbonyl (C=O) groups excluding carboxylic acids is 1. The molecule has 84 valence electrons. The van der Waals surface area contributed by atoms with Crippen LogP contribution in [0.25, 0.3) is 0 Å². The number of carbonyl (C=O) groups is 1. The Balaban J connectivity index is 3.75. The van der Waals surface area contributed by atoms with Crippen LogP contribution < -0.4 is 11.1 Å². The number of hydrogen-bond donors (Lipinski definition) is 2. The first-order valence-corrected chi connectivity index (χ1v) is 5.37. The standard InChI is InChI=1S/C11H24N2O/c1-9(2)13-10(14)5-6-11(3,4)7-8-12/h9H,5-8,12H2,1-4H3,(H,13,14). The molecule has 0 unspecified atom stereocenters. The lowest BCUT2D eigenvalue weighted by molar-refractivity contribution is -0.122. The molecule has 0 heterocycles. The van der Waals surface area contributed by atoms with Crippen LogP contribution in [-0.4, -0.2) is 18.5 Å². The summed E-state index contributed by atoms with van der Waals surface area (Å²) < 4.78 is 0. The number of amides is 1. The Kier molecular flexibility index (Phi) is 5.77. The van der Waals surface area contributed by atoms with E-state index in [1.807, 2.05) is 13.8 Å². The van der Waals surface area contributed by atoms with Gasteiger partial charge >= 0.3 is 0 Å². The van der Waals surface area contributed by atoms with Crippen LogP contribution in [0, 0.1) is 5.41 Å². The maximum absolute atomic E-state index is 11.4. The van der Waals surface area contributed by atoms with E-state index in [0.29, 0.717) is 13.0 Å². The highest BCUT2D eigenvalue weighted by Crippen LogP contribution is 2.25. The highest BCUT2D eigenvalue weighted by atomic mass is 16.1. The van der Waals surface area contributed by atoms with Gasteiger partial charge in [-0.3, -0.25) is 4.79 Å². The fourth-order valence-corrected chi connectivity index (χ4v) is 1.36. The number of nitrogens with one attached hydrogen (secondary N) is 1. The third-order valence-corrected chi connectivity index (χ3v) is 2.30. The highest BCUT2D eigenvalue weighted by Gasteiger charge is 2.18. The Hall–Kier alpha value is -0.570. The molecule has 1 amide bonds. The van der Waals surface area contributed by atoms with Gasteiger partial charge in [0.15, 0.2) is 0 Å². The van der Waals surface area contributed by atoms with Gasteiger partial charge in [0.25, 0.3) is 0 Å². The van der Waals surface area contributed by atoms with Gasteiger partial charge in [-0.05, 0) is 38.6 Å². The fourth-order valence-electron chi connectivity index (χ4n) is 1.36. The molecule has 3 nitrogen and oxygen atoms in total. The lowest BCUT2D eigenvalue weighted by atomic mass is 9.84. The normalized spacial score (nSPS) is 11.9. The SMILES string of the molecule is CC(C)NC(=O)CCC(C)(C)CCN. The summed E-state index contributed by atoms with van der Waals surface area (Å²) in [5, 5.41) is 2.89. The van der Waals surface area contributed by atoms with Gasteiger partial charge in [0.1, 0.15) is 0 Å². The second kappa shape index (κ2) is 6.02. The van der Waals surface area contributed by atoms with Gasteiger partial charge in [0, 0.05) is 12.5 Å². The summed E-state index contributed by atoms with van der Waals surface area (Å²) in [4.78, 5) is 11.4. The van der Waals surface area contributed by atoms with E-state index in [1.54, 1.807) is 0 Å². The van der Waals surface area contributed by atoms with Gasteiger partial charge in [-0.25, -0.2) is 0 Å². The number of nitrogens with two attached hydrogens (primary N) is 1. The lowest BCUT2D eigenvalue weighted by Gasteiger charge is -2.23. The van der Waals surface area contributed by atoms with E-state index in [-0.39, 0.29) is 17.4 Å². The van der Waals surface area contributed by atoms with Crippen molar-refractivity contribution in [2.24, 2.45) is 11.1 Å². The Morgan fingerprint density at radius 3 is 2.36 bits per heavy atom. The van der Waals surface area contributed by atoms with Crippen LogP contribution in [0.1, 0.15) is 47.0 Å². The molecule has 0 aromatic heterocycles. The van der Waals surface area contributed by atoms with Crippen molar-refractivity contribution in [1.29, 1.82) is 0 Å². The lowest BCUT2D eigenvalue weighted by Crippen LogP contribution is -2.31. The quantitative estimate of drug-likeness (QED) is 0.685. The first-order valence-electron chi connectivity index (χ1n) is 5.37. The zero-order valence-electron chi connectivity index (χ0n) is 9.89. The zero-order valence-corrected chi connectivity index (χ0v) is 9.89. The minimum absolute atomic E-state index is 0.144. The second-order valence-corrected chi connectivity index (χ2v) is 4.93. The van der Waals surface area contributed by atoms with Crippen molar-refractivity contribution in [3.8, 4) is 0 Å². The van der Waals surface area contributed by atoms with Crippen LogP contribution >= 0.6 is 0 Å². The third kappa shape index (κ3) is 6.89. The molecule has 0 aliphatic rings. The summed E-state index contributed by atoms with van der Waals surface area (Å²) in [6.07, 6.45) is 2.48. The van der Waals surface area contributed by atoms with E-state index in [2.05, 4.69) is 19.2 Å². The summed E-state index contributed by atoms with van der Waals surface area (Å²) in [6.45, 7) is 8.95. The molecule has 0 spiro atoms. The molecule has 0 bridgehead atoms. The first-order chi connectivity index (χ1) is 6.37. The first kappa shape index (κ1) is 13.4. The fraction of sp³-hybridized carbons (Fsp3) is 0.909. The number of hydrogen-bond acceptors (Lipinski definition) is 2. The monoisotopic (exact) mass is 200 g/mol. The Labute approximate surface area is 87.4 Å². The van der Waals surface area contributed by atoms with Crippen LogP contribution in [0.2, 0.25) is 0 Å². The van der Waals surface area contributed by atoms with Gasteiger partial charge in [-0.1, -0.05) is 13.8 Å². The minimum atomic E-state index is 0.144. The highest BCUT2D eigenvalue weighted by molar-refractivity contribution is 5.76. The molecule has 0 aliphatic heterocycles. The largest absolute Gasteiger partial charge is 0.354 e. The average Bonchev–Trinajstić information content (AvgIpc) is 2.00. The zero-order chi connectivity index (χ0) is 11.2. The predicted molar refractivity (Wildman–Crippen MR) is 60.0 cm³/mol. The number of rotatable bonds is 6. The molecule has 0 rings (SSSR count). The second-order valence-electron chi connectivity index (χ2n) is 4.93. The van der Waals surface area contributed by atoms with Crippen molar-refractivity contribution in [1.82, 2.24) is 5.32 Å². The van der Waals surface area contributed by atoms with Gasteiger partial charge in [-0.15, -0.1) is 0 Å². The molecule has 0 aliphatic carbocycles. The summed E-state index contributed by atoms with van der Waals surface area (Å²) in [5.74, 6) is 0.144. The Bertz CT molecular complexity index is 176. The molecule has 3 N–H and O–H groups in total. The average molecular weight is 200 g/mol. The molecule has 0 atom stereocenters. The Morgan fingerprint density at radius 2 is 1.93 bits per heavy atom. The van der Waals surface area contributed by atoms with E-state index in [9.17, 15) is 4.79 Å². The van der Waals surface area contributed by atoms with E-state index in [0.717, 1.165) is 12.8 Å².